The first-order chi connectivity index (χ1) is 11.3. The van der Waals surface area contributed by atoms with E-state index in [-0.39, 0.29) is 17.4 Å². The van der Waals surface area contributed by atoms with E-state index in [2.05, 4.69) is 0 Å². The number of benzene rings is 2. The van der Waals surface area contributed by atoms with Crippen molar-refractivity contribution in [1.82, 2.24) is 0 Å². The Bertz CT molecular complexity index is 738. The monoisotopic (exact) mass is 325 g/mol. The molecule has 2 aromatic rings. The molecule has 2 unspecified atom stereocenters. The predicted molar refractivity (Wildman–Crippen MR) is 88.7 cm³/mol. The largest absolute Gasteiger partial charge is 0.675 e. The molecular weight excluding hydrogens is 306 g/mol. The van der Waals surface area contributed by atoms with Gasteiger partial charge in [-0.15, -0.1) is 6.04 Å². The number of hydrogen-bond donors (Lipinski definition) is 1. The Labute approximate surface area is 140 Å². The van der Waals surface area contributed by atoms with E-state index >= 15 is 0 Å². The van der Waals surface area contributed by atoms with Crippen LogP contribution in [0.3, 0.4) is 0 Å². The molecule has 0 saturated heterocycles. The molecule has 0 aliphatic heterocycles. The normalized spacial score (nSPS) is 18.8. The van der Waals surface area contributed by atoms with E-state index in [9.17, 15) is 19.8 Å². The third-order valence-electron chi connectivity index (χ3n) is 3.67. The van der Waals surface area contributed by atoms with E-state index in [4.69, 9.17) is 5.73 Å². The number of fused-ring (bicyclic) bond motifs is 1. The lowest BCUT2D eigenvalue weighted by atomic mass is 9.86. The molecule has 3 rings (SSSR count). The summed E-state index contributed by atoms with van der Waals surface area (Å²) in [4.78, 5) is 23.6. The fraction of sp³-hybridized carbons (Fsp3) is 0.263. The van der Waals surface area contributed by atoms with Crippen LogP contribution in [0.25, 0.3) is 5.73 Å². The summed E-state index contributed by atoms with van der Waals surface area (Å²) in [5, 5.41) is 20.8. The summed E-state index contributed by atoms with van der Waals surface area (Å²) in [7, 11) is 0. The van der Waals surface area contributed by atoms with Crippen molar-refractivity contribution in [2.75, 3.05) is 0 Å². The van der Waals surface area contributed by atoms with E-state index < -0.39 is 23.6 Å². The van der Waals surface area contributed by atoms with Gasteiger partial charge in [0.25, 0.3) is 0 Å². The minimum Gasteiger partial charge on any atom is -0.675 e. The number of nitrogens with one attached hydrogen (secondary N) is 1. The van der Waals surface area contributed by atoms with E-state index in [0.29, 0.717) is 5.56 Å². The van der Waals surface area contributed by atoms with Gasteiger partial charge in [-0.25, -0.2) is 0 Å². The van der Waals surface area contributed by atoms with Crippen LogP contribution < -0.4 is 5.11 Å². The van der Waals surface area contributed by atoms with Crippen LogP contribution in [0.2, 0.25) is 0 Å². The van der Waals surface area contributed by atoms with Crippen molar-refractivity contribution in [3.63, 3.8) is 0 Å². The summed E-state index contributed by atoms with van der Waals surface area (Å²) in [6, 6.07) is 13.5. The lowest BCUT2D eigenvalue weighted by Gasteiger charge is -2.20. The third kappa shape index (κ3) is 3.63. The number of aromatic hydroxyl groups is 1. The second-order valence-electron chi connectivity index (χ2n) is 5.98. The van der Waals surface area contributed by atoms with Gasteiger partial charge in [-0.3, -0.25) is 4.79 Å². The van der Waals surface area contributed by atoms with Crippen LogP contribution in [-0.2, 0) is 4.79 Å². The minimum absolute atomic E-state index is 0.0529. The molecule has 2 atom stereocenters. The van der Waals surface area contributed by atoms with Gasteiger partial charge in [-0.05, 0) is 23.3 Å². The number of ketones is 1. The highest BCUT2D eigenvalue weighted by Gasteiger charge is 2.41. The highest BCUT2D eigenvalue weighted by molar-refractivity contribution is 6.13. The molecule has 24 heavy (non-hydrogen) atoms. The molecule has 2 aromatic carbocycles. The first-order valence-electron chi connectivity index (χ1n) is 7.67. The minimum atomic E-state index is -1.39. The topological polar surface area (TPSA) is 101 Å². The molecule has 0 saturated carbocycles. The number of rotatable bonds is 2. The lowest BCUT2D eigenvalue weighted by Crippen LogP contribution is -2.37. The smallest absolute Gasteiger partial charge is 0.172 e. The van der Waals surface area contributed by atoms with Gasteiger partial charge in [0.1, 0.15) is 5.75 Å². The highest BCUT2D eigenvalue weighted by Crippen LogP contribution is 2.43. The second kappa shape index (κ2) is 7.27. The molecule has 2 N–H and O–H groups in total. The van der Waals surface area contributed by atoms with Gasteiger partial charge in [-0.2, -0.15) is 0 Å². The number of hydrogen-bond acceptors (Lipinski definition) is 4. The zero-order chi connectivity index (χ0) is 17.9. The van der Waals surface area contributed by atoms with E-state index in [0.717, 1.165) is 5.56 Å². The van der Waals surface area contributed by atoms with Gasteiger partial charge in [-0.1, -0.05) is 50.2 Å². The highest BCUT2D eigenvalue weighted by atomic mass is 16.4. The zero-order valence-corrected chi connectivity index (χ0v) is 13.5. The van der Waals surface area contributed by atoms with Crippen LogP contribution in [-0.4, -0.2) is 22.9 Å². The number of Topliss-reactive ketones (excluding diaryl/α,β-unsaturated/α-hetero) is 1. The van der Waals surface area contributed by atoms with E-state index in [1.165, 1.54) is 12.1 Å². The maximum atomic E-state index is 12.2. The van der Waals surface area contributed by atoms with E-state index in [1.54, 1.807) is 30.3 Å². The number of phenolic OH excluding ortho intramolecular Hbond substituents is 1. The summed E-state index contributed by atoms with van der Waals surface area (Å²) < 4.78 is 0. The summed E-state index contributed by atoms with van der Waals surface area (Å²) in [6.45, 7) is 3.67. The van der Waals surface area contributed by atoms with Crippen molar-refractivity contribution >= 4 is 11.8 Å². The Kier molecular flexibility index (Phi) is 5.36. The Morgan fingerprint density at radius 3 is 2.29 bits per heavy atom. The van der Waals surface area contributed by atoms with Crippen molar-refractivity contribution in [3.05, 3.63) is 71.0 Å². The van der Waals surface area contributed by atoms with Crippen molar-refractivity contribution in [3.8, 4) is 5.75 Å². The average molecular weight is 325 g/mol. The third-order valence-corrected chi connectivity index (χ3v) is 3.67. The van der Waals surface area contributed by atoms with Crippen LogP contribution in [0, 0.1) is 5.92 Å². The molecule has 5 nitrogen and oxygen atoms in total. The van der Waals surface area contributed by atoms with E-state index in [1.807, 2.05) is 19.9 Å². The maximum absolute atomic E-state index is 12.2. The van der Waals surface area contributed by atoms with Crippen molar-refractivity contribution in [2.24, 2.45) is 5.92 Å². The standard InChI is InChI=1S/C16H12O4.C3H8N/c17-10-6-7-11-12(8-10)15(18)14(16(19)20)13(11)9-4-2-1-3-5-9;1-3(2)4/h1-8,13-14,17H,(H,19,20);3-4H,1-2H3/q;-1/p-1. The lowest BCUT2D eigenvalue weighted by molar-refractivity contribution is -0.309. The Balaban J connectivity index is 0.000000471. The molecule has 0 aromatic heterocycles. The fourth-order valence-corrected chi connectivity index (χ4v) is 2.80. The SMILES string of the molecule is CC(C)[NH-].O=C([O-])C1C(=O)c2cc(O)ccc2C1c1ccccc1. The predicted octanol–water partition coefficient (Wildman–Crippen LogP) is 2.53. The molecule has 0 bridgehead atoms. The van der Waals surface area contributed by atoms with Crippen molar-refractivity contribution < 1.29 is 19.8 Å². The van der Waals surface area contributed by atoms with Crippen LogP contribution >= 0.6 is 0 Å². The van der Waals surface area contributed by atoms with Gasteiger partial charge in [0, 0.05) is 11.5 Å². The molecule has 1 aliphatic carbocycles. The molecule has 0 fully saturated rings. The van der Waals surface area contributed by atoms with Gasteiger partial charge < -0.3 is 20.7 Å². The molecule has 0 heterocycles. The Morgan fingerprint density at radius 2 is 1.75 bits per heavy atom. The molecular formula is C19H19NO4-2. The first kappa shape index (κ1) is 17.7. The maximum Gasteiger partial charge on any atom is 0.172 e. The molecule has 0 radical (unpaired) electrons. The van der Waals surface area contributed by atoms with Gasteiger partial charge in [0.15, 0.2) is 5.78 Å². The summed E-state index contributed by atoms with van der Waals surface area (Å²) in [5.74, 6) is -3.76. The number of aliphatic carboxylic acids is 1. The van der Waals surface area contributed by atoms with Crippen LogP contribution in [0.15, 0.2) is 48.5 Å². The summed E-state index contributed by atoms with van der Waals surface area (Å²) >= 11 is 0. The van der Waals surface area contributed by atoms with Crippen molar-refractivity contribution in [1.29, 1.82) is 0 Å². The molecule has 126 valence electrons. The fourth-order valence-electron chi connectivity index (χ4n) is 2.80. The molecule has 5 heteroatoms. The number of carboxylic acid groups (broad SMARTS) is 1. The van der Waals surface area contributed by atoms with Gasteiger partial charge in [0.05, 0.1) is 11.9 Å². The van der Waals surface area contributed by atoms with Crippen LogP contribution in [0.4, 0.5) is 0 Å². The van der Waals surface area contributed by atoms with Gasteiger partial charge >= 0.3 is 0 Å². The summed E-state index contributed by atoms with van der Waals surface area (Å²) in [6.07, 6.45) is 0. The molecule has 1 aliphatic rings. The molecule has 0 spiro atoms. The second-order valence-corrected chi connectivity index (χ2v) is 5.98. The number of carboxylic acids is 1. The van der Waals surface area contributed by atoms with Crippen LogP contribution in [0.5, 0.6) is 5.75 Å². The number of carbonyl (C=O) groups is 2. The Hall–Kier alpha value is -2.66. The van der Waals surface area contributed by atoms with Crippen molar-refractivity contribution in [2.45, 2.75) is 25.8 Å². The number of carbonyl (C=O) groups excluding carboxylic acids is 2. The quantitative estimate of drug-likeness (QED) is 0.857. The zero-order valence-electron chi connectivity index (χ0n) is 13.5. The summed E-state index contributed by atoms with van der Waals surface area (Å²) in [5.41, 5.74) is 8.21. The average Bonchev–Trinajstić information content (AvgIpc) is 2.80. The first-order valence-corrected chi connectivity index (χ1v) is 7.67. The Morgan fingerprint density at radius 1 is 1.17 bits per heavy atom. The van der Waals surface area contributed by atoms with Gasteiger partial charge in [0.2, 0.25) is 0 Å². The van der Waals surface area contributed by atoms with Crippen LogP contribution in [0.1, 0.15) is 41.3 Å². The number of phenols is 1. The molecule has 0 amide bonds.